The van der Waals surface area contributed by atoms with Crippen LogP contribution in [0.3, 0.4) is 0 Å². The fourth-order valence-corrected chi connectivity index (χ4v) is 2.58. The summed E-state index contributed by atoms with van der Waals surface area (Å²) in [7, 11) is 0. The second-order valence-corrected chi connectivity index (χ2v) is 5.89. The molecule has 1 aliphatic rings. The molecule has 0 saturated heterocycles. The summed E-state index contributed by atoms with van der Waals surface area (Å²) in [5.74, 6) is 1.26. The van der Waals surface area contributed by atoms with Gasteiger partial charge in [-0.1, -0.05) is 23.8 Å². The Kier molecular flexibility index (Phi) is 5.01. The fourth-order valence-electron chi connectivity index (χ4n) is 2.58. The Morgan fingerprint density at radius 3 is 2.88 bits per heavy atom. The lowest BCUT2D eigenvalue weighted by molar-refractivity contribution is -0.123. The Morgan fingerprint density at radius 2 is 2.08 bits per heavy atom. The monoisotopic (exact) mass is 327 g/mol. The van der Waals surface area contributed by atoms with Crippen molar-refractivity contribution in [2.75, 3.05) is 19.8 Å². The smallest absolute Gasteiger partial charge is 0.258 e. The summed E-state index contributed by atoms with van der Waals surface area (Å²) in [6, 6.07) is 13.1. The summed E-state index contributed by atoms with van der Waals surface area (Å²) in [6.07, 6.45) is 0.103. The Morgan fingerprint density at radius 1 is 1.29 bits per heavy atom. The second-order valence-electron chi connectivity index (χ2n) is 5.89. The quantitative estimate of drug-likeness (QED) is 0.853. The first-order valence-corrected chi connectivity index (χ1v) is 8.01. The van der Waals surface area contributed by atoms with E-state index >= 15 is 0 Å². The van der Waals surface area contributed by atoms with Gasteiger partial charge in [0.2, 0.25) is 0 Å². The number of aliphatic hydroxyl groups is 1. The number of carbonyl (C=O) groups is 1. The van der Waals surface area contributed by atoms with Gasteiger partial charge in [-0.2, -0.15) is 0 Å². The molecule has 0 spiro atoms. The number of aliphatic hydroxyl groups excluding tert-OH is 1. The number of fused-ring (bicyclic) bond motifs is 1. The molecule has 0 radical (unpaired) electrons. The van der Waals surface area contributed by atoms with Gasteiger partial charge in [-0.3, -0.25) is 4.79 Å². The molecular weight excluding hydrogens is 306 g/mol. The van der Waals surface area contributed by atoms with Gasteiger partial charge < -0.3 is 19.9 Å². The number of hydrogen-bond acceptors (Lipinski definition) is 4. The van der Waals surface area contributed by atoms with Crippen molar-refractivity contribution in [3.63, 3.8) is 0 Å². The highest BCUT2D eigenvalue weighted by Gasteiger charge is 2.16. The van der Waals surface area contributed by atoms with Crippen LogP contribution in [0.2, 0.25) is 0 Å². The van der Waals surface area contributed by atoms with Crippen LogP contribution in [0.5, 0.6) is 11.5 Å². The fraction of sp³-hybridized carbons (Fsp3) is 0.316. The van der Waals surface area contributed by atoms with Gasteiger partial charge in [-0.25, -0.2) is 0 Å². The van der Waals surface area contributed by atoms with Crippen molar-refractivity contribution in [2.24, 2.45) is 0 Å². The third-order valence-corrected chi connectivity index (χ3v) is 3.98. The predicted molar refractivity (Wildman–Crippen MR) is 90.3 cm³/mol. The maximum atomic E-state index is 11.8. The predicted octanol–water partition coefficient (Wildman–Crippen LogP) is 2.16. The molecule has 0 fully saturated rings. The van der Waals surface area contributed by atoms with Crippen molar-refractivity contribution in [2.45, 2.75) is 19.4 Å². The molecule has 2 aromatic carbocycles. The van der Waals surface area contributed by atoms with Crippen LogP contribution in [0.1, 0.15) is 22.8 Å². The largest absolute Gasteiger partial charge is 0.493 e. The minimum atomic E-state index is -0.751. The molecule has 0 aliphatic carbocycles. The molecule has 5 heteroatoms. The number of nitrogens with one attached hydrogen (secondary N) is 1. The van der Waals surface area contributed by atoms with Gasteiger partial charge in [-0.15, -0.1) is 0 Å². The molecule has 1 aliphatic heterocycles. The van der Waals surface area contributed by atoms with E-state index in [0.29, 0.717) is 12.4 Å². The molecule has 0 aromatic heterocycles. The third-order valence-electron chi connectivity index (χ3n) is 3.98. The van der Waals surface area contributed by atoms with Crippen molar-refractivity contribution in [1.29, 1.82) is 0 Å². The Balaban J connectivity index is 1.46. The number of amides is 1. The lowest BCUT2D eigenvalue weighted by atomic mass is 10.0. The van der Waals surface area contributed by atoms with Crippen LogP contribution in [-0.4, -0.2) is 30.8 Å². The average molecular weight is 327 g/mol. The third kappa shape index (κ3) is 4.06. The molecule has 1 heterocycles. The van der Waals surface area contributed by atoms with E-state index in [1.54, 1.807) is 0 Å². The molecule has 0 bridgehead atoms. The van der Waals surface area contributed by atoms with E-state index in [9.17, 15) is 9.90 Å². The van der Waals surface area contributed by atoms with E-state index < -0.39 is 6.10 Å². The lowest BCUT2D eigenvalue weighted by Gasteiger charge is -2.13. The summed E-state index contributed by atoms with van der Waals surface area (Å²) in [6.45, 7) is 2.74. The maximum Gasteiger partial charge on any atom is 0.258 e. The van der Waals surface area contributed by atoms with E-state index in [2.05, 4.69) is 5.32 Å². The van der Waals surface area contributed by atoms with Gasteiger partial charge in [0.15, 0.2) is 6.61 Å². The van der Waals surface area contributed by atoms with Crippen molar-refractivity contribution in [3.8, 4) is 11.5 Å². The van der Waals surface area contributed by atoms with E-state index in [0.717, 1.165) is 28.9 Å². The highest BCUT2D eigenvalue weighted by molar-refractivity contribution is 5.77. The molecule has 2 aromatic rings. The summed E-state index contributed by atoms with van der Waals surface area (Å²) >= 11 is 0. The summed E-state index contributed by atoms with van der Waals surface area (Å²) in [5, 5.41) is 12.9. The van der Waals surface area contributed by atoms with Crippen LogP contribution in [0.25, 0.3) is 0 Å². The minimum Gasteiger partial charge on any atom is -0.493 e. The van der Waals surface area contributed by atoms with E-state index in [1.807, 2.05) is 49.4 Å². The molecule has 1 amide bonds. The number of benzene rings is 2. The molecule has 5 nitrogen and oxygen atoms in total. The van der Waals surface area contributed by atoms with Gasteiger partial charge in [0.25, 0.3) is 5.91 Å². The first-order chi connectivity index (χ1) is 11.6. The first-order valence-electron chi connectivity index (χ1n) is 8.01. The van der Waals surface area contributed by atoms with Gasteiger partial charge in [-0.05, 0) is 42.3 Å². The van der Waals surface area contributed by atoms with Crippen LogP contribution in [0.15, 0.2) is 42.5 Å². The standard InChI is InChI=1S/C19H21NO4/c1-13-2-5-16(6-3-13)24-12-19(22)20-11-17(21)14-4-7-18-15(10-14)8-9-23-18/h2-7,10,17,21H,8-9,11-12H2,1H3,(H,20,22). The van der Waals surface area contributed by atoms with Crippen molar-refractivity contribution >= 4 is 5.91 Å². The average Bonchev–Trinajstić information content (AvgIpc) is 3.06. The zero-order valence-electron chi connectivity index (χ0n) is 13.6. The van der Waals surface area contributed by atoms with Gasteiger partial charge >= 0.3 is 0 Å². The Hall–Kier alpha value is -2.53. The lowest BCUT2D eigenvalue weighted by Crippen LogP contribution is -2.32. The normalized spacial score (nSPS) is 13.8. The van der Waals surface area contributed by atoms with Gasteiger partial charge in [0, 0.05) is 13.0 Å². The van der Waals surface area contributed by atoms with Gasteiger partial charge in [0.05, 0.1) is 12.7 Å². The zero-order chi connectivity index (χ0) is 16.9. The van der Waals surface area contributed by atoms with Crippen LogP contribution in [-0.2, 0) is 11.2 Å². The van der Waals surface area contributed by atoms with Gasteiger partial charge in [0.1, 0.15) is 11.5 Å². The number of rotatable bonds is 6. The molecule has 126 valence electrons. The maximum absolute atomic E-state index is 11.8. The first kappa shape index (κ1) is 16.3. The second kappa shape index (κ2) is 7.36. The number of hydrogen-bond donors (Lipinski definition) is 2. The summed E-state index contributed by atoms with van der Waals surface area (Å²) < 4.78 is 10.9. The molecule has 1 atom stereocenters. The number of aryl methyl sites for hydroxylation is 1. The molecular formula is C19H21NO4. The molecule has 2 N–H and O–H groups in total. The SMILES string of the molecule is Cc1ccc(OCC(=O)NCC(O)c2ccc3c(c2)CCO3)cc1. The Bertz CT molecular complexity index is 712. The summed E-state index contributed by atoms with van der Waals surface area (Å²) in [5.41, 5.74) is 3.01. The summed E-state index contributed by atoms with van der Waals surface area (Å²) in [4.78, 5) is 11.8. The van der Waals surface area contributed by atoms with Crippen LogP contribution in [0, 0.1) is 6.92 Å². The van der Waals surface area contributed by atoms with E-state index in [1.165, 1.54) is 0 Å². The topological polar surface area (TPSA) is 67.8 Å². The van der Waals surface area contributed by atoms with Crippen molar-refractivity contribution in [1.82, 2.24) is 5.32 Å². The highest BCUT2D eigenvalue weighted by atomic mass is 16.5. The van der Waals surface area contributed by atoms with Crippen LogP contribution >= 0.6 is 0 Å². The van der Waals surface area contributed by atoms with Crippen LogP contribution < -0.4 is 14.8 Å². The Labute approximate surface area is 141 Å². The van der Waals surface area contributed by atoms with Crippen molar-refractivity contribution in [3.05, 3.63) is 59.2 Å². The van der Waals surface area contributed by atoms with Crippen LogP contribution in [0.4, 0.5) is 0 Å². The minimum absolute atomic E-state index is 0.0756. The highest BCUT2D eigenvalue weighted by Crippen LogP contribution is 2.27. The molecule has 3 rings (SSSR count). The number of carbonyl (C=O) groups excluding carboxylic acids is 1. The zero-order valence-corrected chi connectivity index (χ0v) is 13.6. The van der Waals surface area contributed by atoms with Crippen molar-refractivity contribution < 1.29 is 19.4 Å². The molecule has 1 unspecified atom stereocenters. The molecule has 0 saturated carbocycles. The number of ether oxygens (including phenoxy) is 2. The molecule has 24 heavy (non-hydrogen) atoms. The van der Waals surface area contributed by atoms with E-state index in [4.69, 9.17) is 9.47 Å². The van der Waals surface area contributed by atoms with E-state index in [-0.39, 0.29) is 19.1 Å².